The smallest absolute Gasteiger partial charge is 0.262 e. The zero-order chi connectivity index (χ0) is 19.9. The van der Waals surface area contributed by atoms with Crippen LogP contribution in [0.2, 0.25) is 0 Å². The number of benzene rings is 2. The molecule has 3 rings (SSSR count). The van der Waals surface area contributed by atoms with Crippen molar-refractivity contribution < 1.29 is 19.1 Å². The molecule has 0 saturated heterocycles. The highest BCUT2D eigenvalue weighted by Crippen LogP contribution is 2.30. The molecule has 0 aromatic heterocycles. The summed E-state index contributed by atoms with van der Waals surface area (Å²) in [6, 6.07) is 12.4. The van der Waals surface area contributed by atoms with E-state index >= 15 is 0 Å². The summed E-state index contributed by atoms with van der Waals surface area (Å²) >= 11 is 0. The fourth-order valence-electron chi connectivity index (χ4n) is 2.98. The molecule has 6 heteroatoms. The lowest BCUT2D eigenvalue weighted by Gasteiger charge is -2.21. The second-order valence-corrected chi connectivity index (χ2v) is 6.87. The minimum atomic E-state index is -0.221. The molecule has 1 atom stereocenters. The van der Waals surface area contributed by atoms with Crippen LogP contribution in [0.5, 0.6) is 11.5 Å². The van der Waals surface area contributed by atoms with Crippen LogP contribution in [-0.2, 0) is 4.79 Å². The van der Waals surface area contributed by atoms with Crippen LogP contribution in [0.1, 0.15) is 55.1 Å². The number of rotatable bonds is 8. The average molecular weight is 382 g/mol. The van der Waals surface area contributed by atoms with Crippen LogP contribution in [0.25, 0.3) is 0 Å². The van der Waals surface area contributed by atoms with E-state index in [0.29, 0.717) is 23.6 Å². The molecule has 1 aliphatic heterocycles. The summed E-state index contributed by atoms with van der Waals surface area (Å²) in [5, 5.41) is 5.76. The summed E-state index contributed by atoms with van der Waals surface area (Å²) in [7, 11) is 0. The van der Waals surface area contributed by atoms with E-state index in [0.717, 1.165) is 30.6 Å². The van der Waals surface area contributed by atoms with Gasteiger partial charge in [0.1, 0.15) is 11.5 Å². The molecule has 28 heavy (non-hydrogen) atoms. The van der Waals surface area contributed by atoms with Gasteiger partial charge < -0.3 is 20.1 Å². The van der Waals surface area contributed by atoms with Gasteiger partial charge in [-0.25, -0.2) is 0 Å². The van der Waals surface area contributed by atoms with Gasteiger partial charge in [0.05, 0.1) is 18.3 Å². The van der Waals surface area contributed by atoms with Gasteiger partial charge in [-0.05, 0) is 55.3 Å². The van der Waals surface area contributed by atoms with Crippen LogP contribution >= 0.6 is 0 Å². The molecule has 2 aromatic carbocycles. The standard InChI is InChI=1S/C22H26N2O4/c1-3-4-5-12-27-18-9-6-16(7-10-18)22(26)23-15(2)17-8-11-20-19(13-17)24-21(25)14-28-20/h6-11,13,15H,3-5,12,14H2,1-2H3,(H,23,26)(H,24,25). The maximum Gasteiger partial charge on any atom is 0.262 e. The van der Waals surface area contributed by atoms with E-state index in [1.165, 1.54) is 0 Å². The second kappa shape index (κ2) is 9.26. The van der Waals surface area contributed by atoms with Crippen LogP contribution in [0.15, 0.2) is 42.5 Å². The Balaban J connectivity index is 1.58. The topological polar surface area (TPSA) is 76.7 Å². The highest BCUT2D eigenvalue weighted by atomic mass is 16.5. The molecule has 2 N–H and O–H groups in total. The fourth-order valence-corrected chi connectivity index (χ4v) is 2.98. The normalized spacial score (nSPS) is 13.7. The van der Waals surface area contributed by atoms with Crippen LogP contribution in [0.4, 0.5) is 5.69 Å². The third-order valence-corrected chi connectivity index (χ3v) is 4.62. The molecule has 0 fully saturated rings. The van der Waals surface area contributed by atoms with Gasteiger partial charge >= 0.3 is 0 Å². The summed E-state index contributed by atoms with van der Waals surface area (Å²) in [6.45, 7) is 4.77. The first-order valence-electron chi connectivity index (χ1n) is 9.67. The number of anilines is 1. The summed E-state index contributed by atoms with van der Waals surface area (Å²) in [5.74, 6) is 1.06. The van der Waals surface area contributed by atoms with E-state index in [4.69, 9.17) is 9.47 Å². The molecule has 1 heterocycles. The predicted octanol–water partition coefficient (Wildman–Crippen LogP) is 4.08. The van der Waals surface area contributed by atoms with E-state index < -0.39 is 0 Å². The van der Waals surface area contributed by atoms with Gasteiger partial charge in [-0.3, -0.25) is 9.59 Å². The van der Waals surface area contributed by atoms with Gasteiger partial charge in [0, 0.05) is 5.56 Å². The molecule has 0 bridgehead atoms. The van der Waals surface area contributed by atoms with Crippen molar-refractivity contribution in [2.45, 2.75) is 39.2 Å². The van der Waals surface area contributed by atoms with E-state index in [-0.39, 0.29) is 24.5 Å². The Bertz CT molecular complexity index is 833. The van der Waals surface area contributed by atoms with Crippen molar-refractivity contribution in [3.8, 4) is 11.5 Å². The zero-order valence-electron chi connectivity index (χ0n) is 16.3. The van der Waals surface area contributed by atoms with Gasteiger partial charge in [0.25, 0.3) is 11.8 Å². The first-order valence-corrected chi connectivity index (χ1v) is 9.67. The number of nitrogens with one attached hydrogen (secondary N) is 2. The molecule has 1 unspecified atom stereocenters. The number of hydrogen-bond acceptors (Lipinski definition) is 4. The number of fused-ring (bicyclic) bond motifs is 1. The Morgan fingerprint density at radius 3 is 2.75 bits per heavy atom. The lowest BCUT2D eigenvalue weighted by Crippen LogP contribution is -2.28. The molecule has 2 aromatic rings. The van der Waals surface area contributed by atoms with Gasteiger partial charge in [0.15, 0.2) is 6.61 Å². The van der Waals surface area contributed by atoms with Crippen molar-refractivity contribution >= 4 is 17.5 Å². The quantitative estimate of drug-likeness (QED) is 0.675. The number of unbranched alkanes of at least 4 members (excludes halogenated alkanes) is 2. The van der Waals surface area contributed by atoms with E-state index in [9.17, 15) is 9.59 Å². The Morgan fingerprint density at radius 2 is 2.00 bits per heavy atom. The van der Waals surface area contributed by atoms with Crippen molar-refractivity contribution in [2.75, 3.05) is 18.5 Å². The first-order chi connectivity index (χ1) is 13.6. The highest BCUT2D eigenvalue weighted by Gasteiger charge is 2.18. The van der Waals surface area contributed by atoms with Crippen molar-refractivity contribution in [1.29, 1.82) is 0 Å². The van der Waals surface area contributed by atoms with Gasteiger partial charge in [-0.15, -0.1) is 0 Å². The van der Waals surface area contributed by atoms with Crippen molar-refractivity contribution in [1.82, 2.24) is 5.32 Å². The summed E-state index contributed by atoms with van der Waals surface area (Å²) in [6.07, 6.45) is 3.34. The molecule has 0 spiro atoms. The lowest BCUT2D eigenvalue weighted by atomic mass is 10.1. The summed E-state index contributed by atoms with van der Waals surface area (Å²) in [4.78, 5) is 24.0. The molecule has 1 aliphatic rings. The number of carbonyl (C=O) groups excluding carboxylic acids is 2. The maximum absolute atomic E-state index is 12.5. The first kappa shape index (κ1) is 19.7. The third kappa shape index (κ3) is 5.03. The van der Waals surface area contributed by atoms with E-state index in [1.54, 1.807) is 18.2 Å². The van der Waals surface area contributed by atoms with Gasteiger partial charge in [-0.1, -0.05) is 25.8 Å². The largest absolute Gasteiger partial charge is 0.494 e. The van der Waals surface area contributed by atoms with Gasteiger partial charge in [-0.2, -0.15) is 0 Å². The number of hydrogen-bond donors (Lipinski definition) is 2. The van der Waals surface area contributed by atoms with Crippen LogP contribution in [-0.4, -0.2) is 25.0 Å². The van der Waals surface area contributed by atoms with Crippen molar-refractivity contribution in [3.63, 3.8) is 0 Å². The summed E-state index contributed by atoms with van der Waals surface area (Å²) in [5.41, 5.74) is 2.08. The van der Waals surface area contributed by atoms with Crippen LogP contribution in [0.3, 0.4) is 0 Å². The SMILES string of the molecule is CCCCCOc1ccc(C(=O)NC(C)c2ccc3c(c2)NC(=O)CO3)cc1. The highest BCUT2D eigenvalue weighted by molar-refractivity contribution is 5.96. The minimum Gasteiger partial charge on any atom is -0.494 e. The lowest BCUT2D eigenvalue weighted by molar-refractivity contribution is -0.118. The van der Waals surface area contributed by atoms with Crippen LogP contribution in [0, 0.1) is 0 Å². The average Bonchev–Trinajstić information content (AvgIpc) is 2.71. The van der Waals surface area contributed by atoms with Crippen molar-refractivity contribution in [3.05, 3.63) is 53.6 Å². The van der Waals surface area contributed by atoms with Gasteiger partial charge in [0.2, 0.25) is 0 Å². The van der Waals surface area contributed by atoms with Crippen molar-refractivity contribution in [2.24, 2.45) is 0 Å². The molecule has 0 saturated carbocycles. The molecule has 0 aliphatic carbocycles. The Hall–Kier alpha value is -3.02. The Labute approximate surface area is 165 Å². The Morgan fingerprint density at radius 1 is 1.21 bits per heavy atom. The molecular formula is C22H26N2O4. The predicted molar refractivity (Wildman–Crippen MR) is 108 cm³/mol. The van der Waals surface area contributed by atoms with E-state index in [2.05, 4.69) is 17.6 Å². The zero-order valence-corrected chi connectivity index (χ0v) is 16.3. The number of amides is 2. The molecule has 148 valence electrons. The fraction of sp³-hybridized carbons (Fsp3) is 0.364. The third-order valence-electron chi connectivity index (χ3n) is 4.62. The molecular weight excluding hydrogens is 356 g/mol. The monoisotopic (exact) mass is 382 g/mol. The maximum atomic E-state index is 12.5. The van der Waals surface area contributed by atoms with E-state index in [1.807, 2.05) is 31.2 Å². The Kier molecular flexibility index (Phi) is 6.53. The molecule has 0 radical (unpaired) electrons. The number of carbonyl (C=O) groups is 2. The summed E-state index contributed by atoms with van der Waals surface area (Å²) < 4.78 is 11.0. The van der Waals surface area contributed by atoms with Crippen LogP contribution < -0.4 is 20.1 Å². The molecule has 2 amide bonds. The second-order valence-electron chi connectivity index (χ2n) is 6.87. The minimum absolute atomic E-state index is 0.0248. The molecule has 6 nitrogen and oxygen atoms in total. The number of ether oxygens (including phenoxy) is 2.